The minimum Gasteiger partial charge on any atom is -0.478 e. The third-order valence-corrected chi connectivity index (χ3v) is 11.8. The molecule has 0 aromatic heterocycles. The van der Waals surface area contributed by atoms with Crippen LogP contribution in [0.25, 0.3) is 0 Å². The monoisotopic (exact) mass is 864 g/mol. The zero-order chi connectivity index (χ0) is 47.3. The van der Waals surface area contributed by atoms with Gasteiger partial charge in [0.05, 0.1) is 21.0 Å². The van der Waals surface area contributed by atoms with Crippen molar-refractivity contribution in [2.24, 2.45) is 11.5 Å². The molecule has 18 nitrogen and oxygen atoms in total. The smallest absolute Gasteiger partial charge is 0.336 e. The molecule has 0 aliphatic carbocycles. The number of nitro groups is 2. The first-order valence-corrected chi connectivity index (χ1v) is 18.6. The standard InChI is InChI=1S/C11H14N2O3.C11H16N2O.C11H13NO4.C11H15NO2.2H3N/c1-5-7(3)10(13(15)16)8(4)6(2)9(5)11(12)14;1-5-7(3)10(12)8(4)6(2)9(5)11(13)14;1-5-7(3)10(12(15)16)8(4)6(2)9(5)11(13)14;1-5-7(3)10(12)8(4)6(2)9(5)11(13)14;;/h1-4H3,(H2,12,14);12H2,1-4H3,(H2,13,14);1-4H3,(H,13,14);12H2,1-4H3,(H,13,14);2*1H3. The van der Waals surface area contributed by atoms with Crippen molar-refractivity contribution in [3.05, 3.63) is 131 Å². The van der Waals surface area contributed by atoms with Crippen molar-refractivity contribution in [1.82, 2.24) is 12.3 Å². The van der Waals surface area contributed by atoms with Gasteiger partial charge in [0.1, 0.15) is 0 Å². The Morgan fingerprint density at radius 2 is 0.532 bits per heavy atom. The molecule has 0 aliphatic heterocycles. The predicted octanol–water partition coefficient (Wildman–Crippen LogP) is 8.58. The van der Waals surface area contributed by atoms with Crippen molar-refractivity contribution < 1.29 is 39.2 Å². The van der Waals surface area contributed by atoms with Crippen LogP contribution in [0.1, 0.15) is 130 Å². The number of hydrogen-bond acceptors (Lipinski definition) is 12. The zero-order valence-electron chi connectivity index (χ0n) is 38.8. The van der Waals surface area contributed by atoms with Crippen molar-refractivity contribution in [1.29, 1.82) is 0 Å². The second-order valence-electron chi connectivity index (χ2n) is 14.9. The number of hydrogen-bond donors (Lipinski definition) is 8. The van der Waals surface area contributed by atoms with Crippen LogP contribution in [-0.2, 0) is 0 Å². The van der Waals surface area contributed by atoms with Gasteiger partial charge in [0, 0.05) is 44.8 Å². The number of carbonyl (C=O) groups is 4. The van der Waals surface area contributed by atoms with Crippen LogP contribution in [0.4, 0.5) is 22.7 Å². The Labute approximate surface area is 362 Å². The minimum absolute atomic E-state index is 0. The van der Waals surface area contributed by atoms with E-state index >= 15 is 0 Å². The first-order chi connectivity index (χ1) is 27.3. The molecule has 0 spiro atoms. The molecule has 0 fully saturated rings. The number of nitrogens with zero attached hydrogens (tertiary/aromatic N) is 2. The normalized spacial score (nSPS) is 9.94. The van der Waals surface area contributed by atoms with Crippen LogP contribution in [0, 0.1) is 131 Å². The molecule has 340 valence electrons. The molecule has 0 unspecified atom stereocenters. The van der Waals surface area contributed by atoms with Gasteiger partial charge < -0.3 is 45.4 Å². The molecule has 4 aromatic carbocycles. The van der Waals surface area contributed by atoms with Gasteiger partial charge in [0.2, 0.25) is 11.8 Å². The number of nitro benzene ring substituents is 2. The topological polar surface area (TPSA) is 369 Å². The maximum atomic E-state index is 11.3. The Morgan fingerprint density at radius 1 is 0.371 bits per heavy atom. The van der Waals surface area contributed by atoms with Crippen molar-refractivity contribution in [2.45, 2.75) is 111 Å². The zero-order valence-corrected chi connectivity index (χ0v) is 38.8. The fourth-order valence-corrected chi connectivity index (χ4v) is 7.20. The van der Waals surface area contributed by atoms with Gasteiger partial charge in [-0.1, -0.05) is 0 Å². The van der Waals surface area contributed by atoms with E-state index in [9.17, 15) is 39.4 Å². The van der Waals surface area contributed by atoms with Gasteiger partial charge in [-0.15, -0.1) is 0 Å². The van der Waals surface area contributed by atoms with E-state index in [4.69, 9.17) is 33.1 Å². The van der Waals surface area contributed by atoms with Gasteiger partial charge in [-0.3, -0.25) is 29.8 Å². The molecule has 4 aromatic rings. The van der Waals surface area contributed by atoms with E-state index in [2.05, 4.69) is 0 Å². The summed E-state index contributed by atoms with van der Waals surface area (Å²) in [7, 11) is 0. The SMILES string of the molecule is Cc1c(C)c(C(=O)O)c(C)c(C)c1N.Cc1c(C)c(C(N)=O)c(C)c(C)c1N.Cc1c(C)c([N+](=O)[O-])c(C)c(C)c1C(=O)O.Cc1c(C)c([N+](=O)[O-])c(C)c(C)c1C(N)=O.N.N. The molecule has 2 amide bonds. The number of nitrogens with two attached hydrogens (primary N) is 4. The number of primary amides is 2. The lowest BCUT2D eigenvalue weighted by atomic mass is 9.92. The van der Waals surface area contributed by atoms with Crippen molar-refractivity contribution in [2.75, 3.05) is 11.5 Å². The molecule has 18 heteroatoms. The van der Waals surface area contributed by atoms with Gasteiger partial charge in [0.15, 0.2) is 0 Å². The van der Waals surface area contributed by atoms with Gasteiger partial charge >= 0.3 is 11.9 Å². The summed E-state index contributed by atoms with van der Waals surface area (Å²) < 4.78 is 0. The highest BCUT2D eigenvalue weighted by Gasteiger charge is 2.26. The second-order valence-corrected chi connectivity index (χ2v) is 14.9. The Morgan fingerprint density at radius 3 is 0.694 bits per heavy atom. The van der Waals surface area contributed by atoms with E-state index in [1.165, 1.54) is 0 Å². The summed E-state index contributed by atoms with van der Waals surface area (Å²) in [5, 5.41) is 39.9. The summed E-state index contributed by atoms with van der Waals surface area (Å²) >= 11 is 0. The van der Waals surface area contributed by atoms with E-state index in [1.807, 2.05) is 41.5 Å². The number of carboxylic acid groups (broad SMARTS) is 2. The number of carboxylic acids is 2. The number of benzene rings is 4. The lowest BCUT2D eigenvalue weighted by molar-refractivity contribution is -0.386. The van der Waals surface area contributed by atoms with Crippen LogP contribution >= 0.6 is 0 Å². The summed E-state index contributed by atoms with van der Waals surface area (Å²) in [5.41, 5.74) is 36.3. The Kier molecular flexibility index (Phi) is 20.4. The molecule has 0 aliphatic rings. The number of rotatable bonds is 6. The number of aromatic carboxylic acids is 2. The van der Waals surface area contributed by atoms with Crippen LogP contribution in [0.3, 0.4) is 0 Å². The van der Waals surface area contributed by atoms with Crippen molar-refractivity contribution >= 4 is 46.5 Å². The molecule has 0 atom stereocenters. The summed E-state index contributed by atoms with van der Waals surface area (Å²) in [6.07, 6.45) is 0. The minimum atomic E-state index is -1.05. The van der Waals surface area contributed by atoms with Crippen molar-refractivity contribution in [3.8, 4) is 0 Å². The van der Waals surface area contributed by atoms with E-state index in [0.717, 1.165) is 50.2 Å². The third-order valence-electron chi connectivity index (χ3n) is 11.8. The first kappa shape index (κ1) is 57.2. The predicted molar refractivity (Wildman–Crippen MR) is 245 cm³/mol. The van der Waals surface area contributed by atoms with Crippen LogP contribution in [0.5, 0.6) is 0 Å². The molecule has 0 heterocycles. The molecule has 0 saturated carbocycles. The highest BCUT2D eigenvalue weighted by Crippen LogP contribution is 2.34. The summed E-state index contributed by atoms with van der Waals surface area (Å²) in [6, 6.07) is 0. The van der Waals surface area contributed by atoms with Crippen molar-refractivity contribution in [3.63, 3.8) is 0 Å². The Hall–Kier alpha value is -6.92. The highest BCUT2D eigenvalue weighted by molar-refractivity contribution is 5.98. The summed E-state index contributed by atoms with van der Waals surface area (Å²) in [6.45, 7) is 27.8. The van der Waals surface area contributed by atoms with Crippen LogP contribution in [0.2, 0.25) is 0 Å². The summed E-state index contributed by atoms with van der Waals surface area (Å²) in [5.74, 6) is -2.86. The van der Waals surface area contributed by atoms with Crippen LogP contribution < -0.4 is 35.2 Å². The lowest BCUT2D eigenvalue weighted by Gasteiger charge is -2.15. The molecule has 62 heavy (non-hydrogen) atoms. The van der Waals surface area contributed by atoms with Crippen LogP contribution in [-0.4, -0.2) is 43.8 Å². The molecule has 16 N–H and O–H groups in total. The number of amides is 2. The molecule has 4 rings (SSSR count). The highest BCUT2D eigenvalue weighted by atomic mass is 16.6. The molecule has 0 bridgehead atoms. The fourth-order valence-electron chi connectivity index (χ4n) is 7.20. The molecule has 0 saturated heterocycles. The molecular formula is C44H64N8O10. The fraction of sp³-hybridized carbons (Fsp3) is 0.364. The van der Waals surface area contributed by atoms with Gasteiger partial charge in [-0.2, -0.15) is 0 Å². The summed E-state index contributed by atoms with van der Waals surface area (Å²) in [4.78, 5) is 65.5. The lowest BCUT2D eigenvalue weighted by Crippen LogP contribution is -2.17. The quantitative estimate of drug-likeness (QED) is 0.0511. The van der Waals surface area contributed by atoms with E-state index in [1.54, 1.807) is 69.2 Å². The average Bonchev–Trinajstić information content (AvgIpc) is 3.13. The number of carbonyl (C=O) groups excluding carboxylic acids is 2. The maximum Gasteiger partial charge on any atom is 0.336 e. The third kappa shape index (κ3) is 11.3. The Balaban J connectivity index is 0. The van der Waals surface area contributed by atoms with Gasteiger partial charge in [-0.25, -0.2) is 9.59 Å². The van der Waals surface area contributed by atoms with E-state index < -0.39 is 27.7 Å². The average molecular weight is 865 g/mol. The van der Waals surface area contributed by atoms with Gasteiger partial charge in [0.25, 0.3) is 11.4 Å². The molecule has 0 radical (unpaired) electrons. The Bertz CT molecular complexity index is 2110. The van der Waals surface area contributed by atoms with E-state index in [0.29, 0.717) is 66.9 Å². The molecular weight excluding hydrogens is 801 g/mol. The van der Waals surface area contributed by atoms with Crippen LogP contribution in [0.15, 0.2) is 0 Å². The maximum absolute atomic E-state index is 11.3. The number of anilines is 2. The largest absolute Gasteiger partial charge is 0.478 e. The van der Waals surface area contributed by atoms with E-state index in [-0.39, 0.29) is 35.1 Å². The second kappa shape index (κ2) is 22.1. The first-order valence-electron chi connectivity index (χ1n) is 18.6. The van der Waals surface area contributed by atoms with Gasteiger partial charge in [-0.05, 0) is 178 Å². The number of nitrogen functional groups attached to an aromatic ring is 2.